The highest BCUT2D eigenvalue weighted by molar-refractivity contribution is 5.87. The third-order valence-corrected chi connectivity index (χ3v) is 8.50. The van der Waals surface area contributed by atoms with Gasteiger partial charge in [0.1, 0.15) is 5.82 Å². The third-order valence-electron chi connectivity index (χ3n) is 8.50. The van der Waals surface area contributed by atoms with Crippen LogP contribution in [-0.2, 0) is 15.9 Å². The van der Waals surface area contributed by atoms with Crippen LogP contribution in [0.3, 0.4) is 0 Å². The second-order valence-corrected chi connectivity index (χ2v) is 10.5. The maximum absolute atomic E-state index is 6.49. The third kappa shape index (κ3) is 3.50. The van der Waals surface area contributed by atoms with Gasteiger partial charge >= 0.3 is 0 Å². The van der Waals surface area contributed by atoms with Crippen molar-refractivity contribution in [2.24, 2.45) is 11.1 Å². The second-order valence-electron chi connectivity index (χ2n) is 10.5. The summed E-state index contributed by atoms with van der Waals surface area (Å²) in [4.78, 5) is 19.2. The SMILES string of the molecule is C[C@@H]1OCC2(CCN(c3cnc4c(N5CCCc6nc(C7=CCOC7)ccc65)n[nH]c4n3)CC2)[C@@H]1N. The lowest BCUT2D eigenvalue weighted by Gasteiger charge is -2.41. The van der Waals surface area contributed by atoms with Crippen molar-refractivity contribution in [3.8, 4) is 0 Å². The maximum Gasteiger partial charge on any atom is 0.183 e. The molecular weight excluding hydrogens is 456 g/mol. The van der Waals surface area contributed by atoms with Crippen LogP contribution in [0.25, 0.3) is 16.7 Å². The van der Waals surface area contributed by atoms with E-state index in [9.17, 15) is 0 Å². The molecule has 2 atom stereocenters. The second kappa shape index (κ2) is 8.50. The Morgan fingerprint density at radius 3 is 2.83 bits per heavy atom. The van der Waals surface area contributed by atoms with Crippen molar-refractivity contribution in [3.05, 3.63) is 35.8 Å². The van der Waals surface area contributed by atoms with E-state index in [1.54, 1.807) is 0 Å². The topological polar surface area (TPSA) is 118 Å². The molecule has 4 aliphatic rings. The molecule has 0 saturated carbocycles. The molecule has 3 aromatic rings. The first-order valence-electron chi connectivity index (χ1n) is 13.0. The normalized spacial score (nSPS) is 25.6. The predicted octanol–water partition coefficient (Wildman–Crippen LogP) is 2.58. The van der Waals surface area contributed by atoms with Gasteiger partial charge in [-0.1, -0.05) is 6.08 Å². The summed E-state index contributed by atoms with van der Waals surface area (Å²) in [6.45, 7) is 6.82. The summed E-state index contributed by atoms with van der Waals surface area (Å²) >= 11 is 0. The number of aromatic amines is 1. The minimum atomic E-state index is 0.0888. The van der Waals surface area contributed by atoms with Gasteiger partial charge in [-0.3, -0.25) is 10.1 Å². The van der Waals surface area contributed by atoms with Crippen LogP contribution in [0.2, 0.25) is 0 Å². The molecule has 3 aromatic heterocycles. The number of hydrogen-bond donors (Lipinski definition) is 2. The monoisotopic (exact) mass is 488 g/mol. The average Bonchev–Trinajstić information content (AvgIpc) is 3.66. The zero-order chi connectivity index (χ0) is 24.3. The van der Waals surface area contributed by atoms with Gasteiger partial charge in [-0.2, -0.15) is 5.10 Å². The largest absolute Gasteiger partial charge is 0.376 e. The molecule has 7 rings (SSSR count). The first-order chi connectivity index (χ1) is 17.6. The van der Waals surface area contributed by atoms with E-state index in [4.69, 9.17) is 30.2 Å². The number of aryl methyl sites for hydroxylation is 1. The molecule has 2 saturated heterocycles. The molecule has 10 nitrogen and oxygen atoms in total. The highest BCUT2D eigenvalue weighted by Crippen LogP contribution is 2.42. The van der Waals surface area contributed by atoms with E-state index in [1.807, 2.05) is 6.20 Å². The van der Waals surface area contributed by atoms with Crippen LogP contribution in [0.5, 0.6) is 0 Å². The molecule has 0 radical (unpaired) electrons. The van der Waals surface area contributed by atoms with Crippen molar-refractivity contribution >= 4 is 34.1 Å². The number of pyridine rings is 1. The van der Waals surface area contributed by atoms with Crippen LogP contribution in [0, 0.1) is 5.41 Å². The fourth-order valence-corrected chi connectivity index (χ4v) is 6.19. The number of nitrogens with zero attached hydrogens (tertiary/aromatic N) is 6. The first-order valence-corrected chi connectivity index (χ1v) is 13.0. The molecule has 0 aromatic carbocycles. The Balaban J connectivity index is 1.13. The van der Waals surface area contributed by atoms with E-state index in [2.05, 4.69) is 45.1 Å². The molecule has 0 unspecified atom stereocenters. The Hall–Kier alpha value is -3.08. The molecule has 0 amide bonds. The van der Waals surface area contributed by atoms with Gasteiger partial charge in [0.2, 0.25) is 0 Å². The Labute approximate surface area is 209 Å². The van der Waals surface area contributed by atoms with Gasteiger partial charge in [-0.15, -0.1) is 0 Å². The van der Waals surface area contributed by atoms with E-state index < -0.39 is 0 Å². The fourth-order valence-electron chi connectivity index (χ4n) is 6.19. The van der Waals surface area contributed by atoms with Crippen molar-refractivity contribution in [3.63, 3.8) is 0 Å². The summed E-state index contributed by atoms with van der Waals surface area (Å²) in [5.74, 6) is 1.69. The van der Waals surface area contributed by atoms with Gasteiger partial charge in [-0.25, -0.2) is 9.97 Å². The van der Waals surface area contributed by atoms with Crippen LogP contribution in [0.1, 0.15) is 37.6 Å². The summed E-state index contributed by atoms with van der Waals surface area (Å²) in [6.07, 6.45) is 8.11. The highest BCUT2D eigenvalue weighted by atomic mass is 16.5. The molecule has 7 heterocycles. The fraction of sp³-hybridized carbons (Fsp3) is 0.538. The molecule has 188 valence electrons. The number of nitrogens with two attached hydrogens (primary N) is 1. The molecule has 10 heteroatoms. The number of rotatable bonds is 3. The van der Waals surface area contributed by atoms with Crippen LogP contribution >= 0.6 is 0 Å². The van der Waals surface area contributed by atoms with E-state index in [-0.39, 0.29) is 17.6 Å². The summed E-state index contributed by atoms with van der Waals surface area (Å²) in [5.41, 5.74) is 12.4. The zero-order valence-electron chi connectivity index (χ0n) is 20.6. The standard InChI is InChI=1S/C26H32N8O2/c1-16-23(27)26(15-36-16)7-10-33(11-8-26)21-13-28-22-24(30-21)31-32-25(22)34-9-2-3-19-20(34)5-4-18(29-19)17-6-12-35-14-17/h4-6,13,16,23H,2-3,7-12,14-15,27H2,1H3,(H,30,31,32)/t16-,23+/m0/s1. The lowest BCUT2D eigenvalue weighted by atomic mass is 9.73. The number of ether oxygens (including phenoxy) is 2. The van der Waals surface area contributed by atoms with Crippen molar-refractivity contribution in [2.75, 3.05) is 49.3 Å². The number of H-pyrrole nitrogens is 1. The Morgan fingerprint density at radius 2 is 2.06 bits per heavy atom. The van der Waals surface area contributed by atoms with E-state index in [0.29, 0.717) is 18.9 Å². The van der Waals surface area contributed by atoms with Gasteiger partial charge in [-0.05, 0) is 44.7 Å². The van der Waals surface area contributed by atoms with Crippen molar-refractivity contribution in [2.45, 2.75) is 44.8 Å². The summed E-state index contributed by atoms with van der Waals surface area (Å²) in [6, 6.07) is 4.34. The number of nitrogens with one attached hydrogen (secondary N) is 1. The van der Waals surface area contributed by atoms with Gasteiger partial charge in [0.05, 0.1) is 49.2 Å². The van der Waals surface area contributed by atoms with Crippen LogP contribution in [-0.4, -0.2) is 76.8 Å². The van der Waals surface area contributed by atoms with Gasteiger partial charge in [0, 0.05) is 36.7 Å². The van der Waals surface area contributed by atoms with E-state index >= 15 is 0 Å². The molecule has 4 aliphatic heterocycles. The molecule has 0 aliphatic carbocycles. The summed E-state index contributed by atoms with van der Waals surface area (Å²) < 4.78 is 11.4. The Morgan fingerprint density at radius 1 is 1.17 bits per heavy atom. The molecule has 1 spiro atoms. The highest BCUT2D eigenvalue weighted by Gasteiger charge is 2.47. The average molecular weight is 489 g/mol. The van der Waals surface area contributed by atoms with Crippen molar-refractivity contribution in [1.29, 1.82) is 0 Å². The van der Waals surface area contributed by atoms with Crippen LogP contribution in [0.15, 0.2) is 24.4 Å². The van der Waals surface area contributed by atoms with Crippen molar-refractivity contribution < 1.29 is 9.47 Å². The number of hydrogen-bond acceptors (Lipinski definition) is 9. The first kappa shape index (κ1) is 22.1. The van der Waals surface area contributed by atoms with Gasteiger partial charge in [0.15, 0.2) is 17.0 Å². The Bertz CT molecular complexity index is 1330. The predicted molar refractivity (Wildman–Crippen MR) is 137 cm³/mol. The number of piperidine rings is 1. The molecule has 2 fully saturated rings. The number of fused-ring (bicyclic) bond motifs is 2. The lowest BCUT2D eigenvalue weighted by molar-refractivity contribution is 0.0974. The van der Waals surface area contributed by atoms with Crippen molar-refractivity contribution in [1.82, 2.24) is 25.1 Å². The maximum atomic E-state index is 6.49. The van der Waals surface area contributed by atoms with Crippen LogP contribution < -0.4 is 15.5 Å². The molecular formula is C26H32N8O2. The van der Waals surface area contributed by atoms with Gasteiger partial charge in [0.25, 0.3) is 0 Å². The zero-order valence-corrected chi connectivity index (χ0v) is 20.6. The van der Waals surface area contributed by atoms with Crippen LogP contribution in [0.4, 0.5) is 17.3 Å². The smallest absolute Gasteiger partial charge is 0.183 e. The molecule has 3 N–H and O–H groups in total. The lowest BCUT2D eigenvalue weighted by Crippen LogP contribution is -2.50. The van der Waals surface area contributed by atoms with E-state index in [1.165, 1.54) is 5.57 Å². The summed E-state index contributed by atoms with van der Waals surface area (Å²) in [7, 11) is 0. The van der Waals surface area contributed by atoms with Gasteiger partial charge < -0.3 is 25.0 Å². The minimum Gasteiger partial charge on any atom is -0.376 e. The molecule has 36 heavy (non-hydrogen) atoms. The minimum absolute atomic E-state index is 0.0888. The Kier molecular flexibility index (Phi) is 5.23. The summed E-state index contributed by atoms with van der Waals surface area (Å²) in [5, 5.41) is 7.78. The molecule has 0 bridgehead atoms. The number of aromatic nitrogens is 5. The quantitative estimate of drug-likeness (QED) is 0.573. The number of anilines is 3. The van der Waals surface area contributed by atoms with E-state index in [0.717, 1.165) is 86.2 Å².